The van der Waals surface area contributed by atoms with E-state index in [0.717, 1.165) is 44.8 Å². The van der Waals surface area contributed by atoms with Gasteiger partial charge in [-0.1, -0.05) is 19.1 Å². The molecule has 19 heavy (non-hydrogen) atoms. The van der Waals surface area contributed by atoms with Crippen LogP contribution in [0.25, 0.3) is 0 Å². The molecule has 2 N–H and O–H groups in total. The highest BCUT2D eigenvalue weighted by Crippen LogP contribution is 2.10. The van der Waals surface area contributed by atoms with Crippen molar-refractivity contribution < 1.29 is 4.79 Å². The maximum atomic E-state index is 12.1. The maximum Gasteiger partial charge on any atom is 0.164 e. The number of carbonyl (C=O) groups is 1. The monoisotopic (exact) mass is 261 g/mol. The number of nitrogens with zero attached hydrogens (tertiary/aromatic N) is 2. The highest BCUT2D eigenvalue weighted by atomic mass is 16.1. The van der Waals surface area contributed by atoms with Crippen molar-refractivity contribution in [1.29, 1.82) is 0 Å². The Balaban J connectivity index is 1.78. The van der Waals surface area contributed by atoms with Crippen molar-refractivity contribution in [2.75, 3.05) is 45.0 Å². The lowest BCUT2D eigenvalue weighted by atomic mass is 10.1. The number of benzene rings is 1. The van der Waals surface area contributed by atoms with Gasteiger partial charge in [0.15, 0.2) is 5.78 Å². The molecule has 1 aromatic rings. The highest BCUT2D eigenvalue weighted by molar-refractivity contribution is 5.96. The van der Waals surface area contributed by atoms with Crippen molar-refractivity contribution in [3.05, 3.63) is 29.8 Å². The van der Waals surface area contributed by atoms with Crippen molar-refractivity contribution in [2.45, 2.75) is 13.3 Å². The van der Waals surface area contributed by atoms with E-state index < -0.39 is 0 Å². The molecule has 0 unspecified atom stereocenters. The molecular formula is C15H23N3O. The molecule has 1 fully saturated rings. The van der Waals surface area contributed by atoms with E-state index in [-0.39, 0.29) is 5.78 Å². The first-order valence-corrected chi connectivity index (χ1v) is 7.02. The molecule has 0 bridgehead atoms. The minimum atomic E-state index is 0.185. The van der Waals surface area contributed by atoms with E-state index in [0.29, 0.717) is 12.1 Å². The van der Waals surface area contributed by atoms with Crippen LogP contribution in [-0.4, -0.2) is 54.9 Å². The van der Waals surface area contributed by atoms with E-state index in [1.54, 1.807) is 12.1 Å². The Morgan fingerprint density at radius 1 is 1.21 bits per heavy atom. The number of Topliss-reactive ketones (excluding diaryl/α,β-unsaturated/α-hetero) is 1. The van der Waals surface area contributed by atoms with Gasteiger partial charge in [-0.05, 0) is 18.7 Å². The fourth-order valence-corrected chi connectivity index (χ4v) is 2.45. The molecule has 1 heterocycles. The summed E-state index contributed by atoms with van der Waals surface area (Å²) < 4.78 is 0. The second-order valence-electron chi connectivity index (χ2n) is 5.07. The summed E-state index contributed by atoms with van der Waals surface area (Å²) in [5.41, 5.74) is 7.08. The van der Waals surface area contributed by atoms with E-state index >= 15 is 0 Å². The lowest BCUT2D eigenvalue weighted by Gasteiger charge is -2.33. The van der Waals surface area contributed by atoms with Crippen LogP contribution in [0.2, 0.25) is 0 Å². The van der Waals surface area contributed by atoms with Crippen LogP contribution in [0.3, 0.4) is 0 Å². The predicted molar refractivity (Wildman–Crippen MR) is 78.4 cm³/mol. The van der Waals surface area contributed by atoms with Crippen LogP contribution in [-0.2, 0) is 0 Å². The summed E-state index contributed by atoms with van der Waals surface area (Å²) in [4.78, 5) is 16.9. The number of nitrogen functional groups attached to an aromatic ring is 1. The topological polar surface area (TPSA) is 49.6 Å². The molecule has 0 atom stereocenters. The Kier molecular flexibility index (Phi) is 4.93. The van der Waals surface area contributed by atoms with Crippen LogP contribution < -0.4 is 5.73 Å². The second-order valence-corrected chi connectivity index (χ2v) is 5.07. The zero-order valence-electron chi connectivity index (χ0n) is 11.6. The molecule has 4 heteroatoms. The molecule has 0 saturated carbocycles. The van der Waals surface area contributed by atoms with Crippen molar-refractivity contribution in [3.63, 3.8) is 0 Å². The first-order chi connectivity index (χ1) is 9.19. The van der Waals surface area contributed by atoms with Gasteiger partial charge in [-0.15, -0.1) is 0 Å². The molecule has 2 rings (SSSR count). The van der Waals surface area contributed by atoms with Gasteiger partial charge in [0.2, 0.25) is 0 Å². The van der Waals surface area contributed by atoms with Gasteiger partial charge in [0.25, 0.3) is 0 Å². The van der Waals surface area contributed by atoms with Crippen LogP contribution >= 0.6 is 0 Å². The minimum Gasteiger partial charge on any atom is -0.399 e. The maximum absolute atomic E-state index is 12.1. The minimum absolute atomic E-state index is 0.185. The number of anilines is 1. The van der Waals surface area contributed by atoms with Gasteiger partial charge in [-0.2, -0.15) is 0 Å². The molecule has 1 aliphatic heterocycles. The van der Waals surface area contributed by atoms with Crippen LogP contribution in [0.5, 0.6) is 0 Å². The number of hydrogen-bond donors (Lipinski definition) is 1. The quantitative estimate of drug-likeness (QED) is 0.644. The summed E-state index contributed by atoms with van der Waals surface area (Å²) in [6.45, 7) is 8.53. The smallest absolute Gasteiger partial charge is 0.164 e. The van der Waals surface area contributed by atoms with Crippen molar-refractivity contribution in [3.8, 4) is 0 Å². The van der Waals surface area contributed by atoms with E-state index in [2.05, 4.69) is 16.7 Å². The zero-order chi connectivity index (χ0) is 13.7. The number of rotatable bonds is 5. The molecule has 0 amide bonds. The molecule has 1 aliphatic rings. The lowest BCUT2D eigenvalue weighted by Crippen LogP contribution is -2.46. The largest absolute Gasteiger partial charge is 0.399 e. The second kappa shape index (κ2) is 6.68. The molecule has 4 nitrogen and oxygen atoms in total. The summed E-state index contributed by atoms with van der Waals surface area (Å²) in [6.07, 6.45) is 0.579. The SMILES string of the molecule is CCN1CCN(CCC(=O)c2cccc(N)c2)CC1. The zero-order valence-corrected chi connectivity index (χ0v) is 11.6. The van der Waals surface area contributed by atoms with Gasteiger partial charge in [0, 0.05) is 50.4 Å². The van der Waals surface area contributed by atoms with Crippen molar-refractivity contribution >= 4 is 11.5 Å². The number of piperazine rings is 1. The summed E-state index contributed by atoms with van der Waals surface area (Å²) >= 11 is 0. The molecule has 0 aliphatic carbocycles. The standard InChI is InChI=1S/C15H23N3O/c1-2-17-8-10-18(11-9-17)7-6-15(19)13-4-3-5-14(16)12-13/h3-5,12H,2,6-11,16H2,1H3. The van der Waals surface area contributed by atoms with Gasteiger partial charge < -0.3 is 15.5 Å². The number of ketones is 1. The fraction of sp³-hybridized carbons (Fsp3) is 0.533. The lowest BCUT2D eigenvalue weighted by molar-refractivity contribution is 0.0932. The average molecular weight is 261 g/mol. The Hall–Kier alpha value is -1.39. The van der Waals surface area contributed by atoms with Crippen LogP contribution in [0.4, 0.5) is 5.69 Å². The third kappa shape index (κ3) is 4.04. The number of carbonyl (C=O) groups excluding carboxylic acids is 1. The Labute approximate surface area is 115 Å². The van der Waals surface area contributed by atoms with E-state index in [4.69, 9.17) is 5.73 Å². The Morgan fingerprint density at radius 3 is 2.53 bits per heavy atom. The van der Waals surface area contributed by atoms with E-state index in [9.17, 15) is 4.79 Å². The van der Waals surface area contributed by atoms with Crippen LogP contribution in [0, 0.1) is 0 Å². The molecule has 0 radical (unpaired) electrons. The van der Waals surface area contributed by atoms with Crippen molar-refractivity contribution in [1.82, 2.24) is 9.80 Å². The Morgan fingerprint density at radius 2 is 1.89 bits per heavy atom. The van der Waals surface area contributed by atoms with E-state index in [1.165, 1.54) is 0 Å². The fourth-order valence-electron chi connectivity index (χ4n) is 2.45. The molecular weight excluding hydrogens is 238 g/mol. The third-order valence-corrected chi connectivity index (χ3v) is 3.78. The summed E-state index contributed by atoms with van der Waals surface area (Å²) in [7, 11) is 0. The first kappa shape index (κ1) is 14.0. The van der Waals surface area contributed by atoms with Gasteiger partial charge in [0.1, 0.15) is 0 Å². The predicted octanol–water partition coefficient (Wildman–Crippen LogP) is 1.48. The average Bonchev–Trinajstić information content (AvgIpc) is 2.45. The number of nitrogens with two attached hydrogens (primary N) is 1. The van der Waals surface area contributed by atoms with Gasteiger partial charge >= 0.3 is 0 Å². The van der Waals surface area contributed by atoms with Gasteiger partial charge in [-0.25, -0.2) is 0 Å². The normalized spacial score (nSPS) is 17.5. The summed E-state index contributed by atoms with van der Waals surface area (Å²) in [5.74, 6) is 0.185. The molecule has 0 aromatic heterocycles. The summed E-state index contributed by atoms with van der Waals surface area (Å²) in [5, 5.41) is 0. The Bertz CT molecular complexity index is 425. The van der Waals surface area contributed by atoms with Gasteiger partial charge in [0.05, 0.1) is 0 Å². The van der Waals surface area contributed by atoms with Crippen molar-refractivity contribution in [2.24, 2.45) is 0 Å². The summed E-state index contributed by atoms with van der Waals surface area (Å²) in [6, 6.07) is 7.24. The third-order valence-electron chi connectivity index (χ3n) is 3.78. The highest BCUT2D eigenvalue weighted by Gasteiger charge is 2.16. The molecule has 104 valence electrons. The molecule has 1 aromatic carbocycles. The number of hydrogen-bond acceptors (Lipinski definition) is 4. The number of likely N-dealkylation sites (N-methyl/N-ethyl adjacent to an activating group) is 1. The van der Waals surface area contributed by atoms with Crippen LogP contribution in [0.1, 0.15) is 23.7 Å². The molecule has 1 saturated heterocycles. The van der Waals surface area contributed by atoms with E-state index in [1.807, 2.05) is 12.1 Å². The molecule has 0 spiro atoms. The van der Waals surface area contributed by atoms with Crippen LogP contribution in [0.15, 0.2) is 24.3 Å². The van der Waals surface area contributed by atoms with Gasteiger partial charge in [-0.3, -0.25) is 4.79 Å². The first-order valence-electron chi connectivity index (χ1n) is 7.02.